The SMILES string of the molecule is Cc1ccccc1Oc1ccc(C)c(OP(Oc2c(C)ccc3c2Cc2ccccc2O3)N(C)C)c1C. The van der Waals surface area contributed by atoms with Crippen molar-refractivity contribution in [3.05, 3.63) is 106 Å². The van der Waals surface area contributed by atoms with Gasteiger partial charge < -0.3 is 18.5 Å². The van der Waals surface area contributed by atoms with Crippen LogP contribution in [0.1, 0.15) is 33.4 Å². The van der Waals surface area contributed by atoms with E-state index in [2.05, 4.69) is 13.0 Å². The molecule has 1 aliphatic rings. The van der Waals surface area contributed by atoms with Gasteiger partial charge in [0.2, 0.25) is 0 Å². The molecule has 1 aliphatic heterocycles. The lowest BCUT2D eigenvalue weighted by Crippen LogP contribution is -2.15. The van der Waals surface area contributed by atoms with Gasteiger partial charge in [0.25, 0.3) is 0 Å². The van der Waals surface area contributed by atoms with Gasteiger partial charge in [-0.1, -0.05) is 48.5 Å². The van der Waals surface area contributed by atoms with E-state index in [0.29, 0.717) is 0 Å². The van der Waals surface area contributed by atoms with Crippen LogP contribution in [0.25, 0.3) is 0 Å². The Kier molecular flexibility index (Phi) is 7.10. The molecule has 5 nitrogen and oxygen atoms in total. The third-order valence-electron chi connectivity index (χ3n) is 6.51. The quantitative estimate of drug-likeness (QED) is 0.204. The highest BCUT2D eigenvalue weighted by atomic mass is 31.2. The summed E-state index contributed by atoms with van der Waals surface area (Å²) in [5.74, 6) is 4.91. The van der Waals surface area contributed by atoms with Crippen molar-refractivity contribution in [2.45, 2.75) is 34.1 Å². The zero-order valence-corrected chi connectivity index (χ0v) is 23.1. The van der Waals surface area contributed by atoms with E-state index in [1.165, 1.54) is 0 Å². The molecule has 0 radical (unpaired) electrons. The number of hydrogen-bond donors (Lipinski definition) is 0. The van der Waals surface area contributed by atoms with Crippen LogP contribution in [0.15, 0.2) is 72.8 Å². The van der Waals surface area contributed by atoms with Crippen LogP contribution in [-0.4, -0.2) is 18.8 Å². The van der Waals surface area contributed by atoms with Crippen LogP contribution in [0.2, 0.25) is 0 Å². The van der Waals surface area contributed by atoms with Gasteiger partial charge >= 0.3 is 8.53 Å². The Balaban J connectivity index is 1.45. The maximum absolute atomic E-state index is 6.66. The van der Waals surface area contributed by atoms with Gasteiger partial charge in [0.05, 0.1) is 0 Å². The van der Waals surface area contributed by atoms with Gasteiger partial charge in [-0.2, -0.15) is 0 Å². The first-order valence-electron chi connectivity index (χ1n) is 12.4. The van der Waals surface area contributed by atoms with Crippen LogP contribution >= 0.6 is 8.53 Å². The van der Waals surface area contributed by atoms with Crippen LogP contribution in [0.5, 0.6) is 34.5 Å². The van der Waals surface area contributed by atoms with Crippen molar-refractivity contribution in [2.75, 3.05) is 14.1 Å². The van der Waals surface area contributed by atoms with Crippen molar-refractivity contribution in [1.29, 1.82) is 0 Å². The van der Waals surface area contributed by atoms with Crippen LogP contribution in [0.3, 0.4) is 0 Å². The fourth-order valence-corrected chi connectivity index (χ4v) is 5.57. The minimum Gasteiger partial charge on any atom is -0.457 e. The van der Waals surface area contributed by atoms with E-state index in [4.69, 9.17) is 18.5 Å². The maximum Gasteiger partial charge on any atom is 0.384 e. The monoisotopic (exact) mass is 513 g/mol. The summed E-state index contributed by atoms with van der Waals surface area (Å²) in [6.07, 6.45) is 0.747. The summed E-state index contributed by atoms with van der Waals surface area (Å²) in [7, 11) is 2.49. The van der Waals surface area contributed by atoms with Gasteiger partial charge in [-0.25, -0.2) is 4.67 Å². The summed E-state index contributed by atoms with van der Waals surface area (Å²) in [5, 5.41) is 0. The molecule has 1 atom stereocenters. The zero-order chi connectivity index (χ0) is 26.1. The van der Waals surface area contributed by atoms with Crippen molar-refractivity contribution in [2.24, 2.45) is 0 Å². The summed E-state index contributed by atoms with van der Waals surface area (Å²) in [6.45, 7) is 8.18. The average molecular weight is 514 g/mol. The predicted octanol–water partition coefficient (Wildman–Crippen LogP) is 8.66. The molecule has 0 bridgehead atoms. The molecule has 0 saturated carbocycles. The molecule has 1 heterocycles. The third kappa shape index (κ3) is 5.16. The molecule has 190 valence electrons. The van der Waals surface area contributed by atoms with Crippen LogP contribution in [0, 0.1) is 27.7 Å². The van der Waals surface area contributed by atoms with Crippen molar-refractivity contribution >= 4 is 8.53 Å². The van der Waals surface area contributed by atoms with E-state index in [1.54, 1.807) is 0 Å². The molecule has 6 heteroatoms. The number of hydrogen-bond acceptors (Lipinski definition) is 5. The molecule has 4 aromatic carbocycles. The van der Waals surface area contributed by atoms with Crippen molar-refractivity contribution in [3.8, 4) is 34.5 Å². The van der Waals surface area contributed by atoms with E-state index >= 15 is 0 Å². The molecule has 0 saturated heterocycles. The summed E-state index contributed by atoms with van der Waals surface area (Å²) in [5.41, 5.74) is 6.28. The van der Waals surface area contributed by atoms with Gasteiger partial charge in [-0.3, -0.25) is 0 Å². The van der Waals surface area contributed by atoms with E-state index in [9.17, 15) is 0 Å². The fourth-order valence-electron chi connectivity index (χ4n) is 4.36. The highest BCUT2D eigenvalue weighted by molar-refractivity contribution is 7.45. The molecule has 5 rings (SSSR count). The Morgan fingerprint density at radius 2 is 1.35 bits per heavy atom. The molecular weight excluding hydrogens is 481 g/mol. The number of nitrogens with zero attached hydrogens (tertiary/aromatic N) is 1. The van der Waals surface area contributed by atoms with Crippen molar-refractivity contribution in [1.82, 2.24) is 4.67 Å². The molecular formula is C31H32NO4P. The molecule has 0 N–H and O–H groups in total. The standard InChI is InChI=1S/C31H32NO4P/c1-20-11-7-9-13-26(20)33-27-17-15-21(2)30(23(27)4)35-37(32(5)6)36-31-22(3)16-18-29-25(31)19-24-12-8-10-14-28(24)34-29/h7-18H,19H2,1-6H3. The summed E-state index contributed by atoms with van der Waals surface area (Å²) in [4.78, 5) is 0. The fraction of sp³-hybridized carbons (Fsp3) is 0.226. The lowest BCUT2D eigenvalue weighted by Gasteiger charge is -2.29. The number of ether oxygens (including phenoxy) is 2. The third-order valence-corrected chi connectivity index (χ3v) is 7.84. The molecule has 1 unspecified atom stereocenters. The van der Waals surface area contributed by atoms with Gasteiger partial charge in [-0.15, -0.1) is 0 Å². The Morgan fingerprint density at radius 3 is 2.14 bits per heavy atom. The highest BCUT2D eigenvalue weighted by Gasteiger charge is 2.28. The predicted molar refractivity (Wildman–Crippen MR) is 150 cm³/mol. The van der Waals surface area contributed by atoms with Gasteiger partial charge in [-0.05, 0) is 88.3 Å². The molecule has 0 amide bonds. The topological polar surface area (TPSA) is 40.2 Å². The molecule has 0 aliphatic carbocycles. The maximum atomic E-state index is 6.66. The average Bonchev–Trinajstić information content (AvgIpc) is 2.88. The first kappa shape index (κ1) is 25.1. The second-order valence-electron chi connectivity index (χ2n) is 9.54. The van der Waals surface area contributed by atoms with E-state index in [-0.39, 0.29) is 0 Å². The summed E-state index contributed by atoms with van der Waals surface area (Å²) < 4.78 is 27.7. The first-order valence-corrected chi connectivity index (χ1v) is 13.5. The molecule has 0 aromatic heterocycles. The Hall–Kier alpha value is -3.53. The second kappa shape index (κ2) is 10.5. The van der Waals surface area contributed by atoms with Crippen molar-refractivity contribution in [3.63, 3.8) is 0 Å². The molecule has 4 aromatic rings. The van der Waals surface area contributed by atoms with Crippen LogP contribution in [0.4, 0.5) is 0 Å². The molecule has 0 fully saturated rings. The summed E-state index contributed by atoms with van der Waals surface area (Å²) in [6, 6.07) is 24.2. The van der Waals surface area contributed by atoms with E-state index < -0.39 is 8.53 Å². The van der Waals surface area contributed by atoms with E-state index in [1.807, 2.05) is 106 Å². The number of rotatable bonds is 7. The number of benzene rings is 4. The highest BCUT2D eigenvalue weighted by Crippen LogP contribution is 2.50. The van der Waals surface area contributed by atoms with Gasteiger partial charge in [0.15, 0.2) is 0 Å². The smallest absolute Gasteiger partial charge is 0.384 e. The Labute approximate surface area is 220 Å². The largest absolute Gasteiger partial charge is 0.457 e. The Morgan fingerprint density at radius 1 is 0.676 bits per heavy atom. The molecule has 0 spiro atoms. The normalized spacial score (nSPS) is 12.8. The van der Waals surface area contributed by atoms with Gasteiger partial charge in [0, 0.05) is 17.5 Å². The second-order valence-corrected chi connectivity index (χ2v) is 11.2. The molecule has 37 heavy (non-hydrogen) atoms. The lowest BCUT2D eigenvalue weighted by molar-refractivity contribution is 0.404. The minimum absolute atomic E-state index is 0.747. The zero-order valence-electron chi connectivity index (χ0n) is 22.2. The van der Waals surface area contributed by atoms with Crippen LogP contribution < -0.4 is 18.5 Å². The lowest BCUT2D eigenvalue weighted by atomic mass is 9.98. The summed E-state index contributed by atoms with van der Waals surface area (Å²) >= 11 is 0. The van der Waals surface area contributed by atoms with Crippen LogP contribution in [-0.2, 0) is 6.42 Å². The number of aryl methyl sites for hydroxylation is 3. The number of fused-ring (bicyclic) bond motifs is 2. The van der Waals surface area contributed by atoms with Crippen molar-refractivity contribution < 1.29 is 18.5 Å². The van der Waals surface area contributed by atoms with E-state index in [0.717, 1.165) is 74.3 Å². The minimum atomic E-state index is -1.46. The van der Waals surface area contributed by atoms with Gasteiger partial charge in [0.1, 0.15) is 34.5 Å². The first-order chi connectivity index (χ1) is 17.8. The number of para-hydroxylation sites is 2. The Bertz CT molecular complexity index is 1450.